The van der Waals surface area contributed by atoms with Gasteiger partial charge in [0.25, 0.3) is 0 Å². The summed E-state index contributed by atoms with van der Waals surface area (Å²) in [7, 11) is 1.63. The SMILES string of the molecule is COc1cc(/C=C2/Cc3ccccc3C2=O)ccc1OCCCn1ccnc1. The van der Waals surface area contributed by atoms with Crippen LogP contribution < -0.4 is 9.47 Å². The van der Waals surface area contributed by atoms with Gasteiger partial charge >= 0.3 is 0 Å². The van der Waals surface area contributed by atoms with E-state index in [9.17, 15) is 4.79 Å². The number of ketones is 1. The minimum Gasteiger partial charge on any atom is -0.493 e. The molecule has 142 valence electrons. The molecule has 4 rings (SSSR count). The second-order valence-electron chi connectivity index (χ2n) is 6.75. The predicted octanol–water partition coefficient (Wildman–Crippen LogP) is 4.18. The molecule has 0 unspecified atom stereocenters. The monoisotopic (exact) mass is 374 g/mol. The lowest BCUT2D eigenvalue weighted by atomic mass is 10.1. The lowest BCUT2D eigenvalue weighted by Gasteiger charge is -2.11. The van der Waals surface area contributed by atoms with Gasteiger partial charge in [0, 0.05) is 36.5 Å². The van der Waals surface area contributed by atoms with Crippen molar-refractivity contribution in [2.24, 2.45) is 0 Å². The van der Waals surface area contributed by atoms with Gasteiger partial charge in [-0.25, -0.2) is 4.98 Å². The van der Waals surface area contributed by atoms with Crippen LogP contribution in [0, 0.1) is 0 Å². The summed E-state index contributed by atoms with van der Waals surface area (Å²) >= 11 is 0. The number of hydrogen-bond acceptors (Lipinski definition) is 4. The van der Waals surface area contributed by atoms with Crippen molar-refractivity contribution in [1.82, 2.24) is 9.55 Å². The van der Waals surface area contributed by atoms with Crippen molar-refractivity contribution < 1.29 is 14.3 Å². The lowest BCUT2D eigenvalue weighted by Crippen LogP contribution is -2.04. The number of allylic oxidation sites excluding steroid dienone is 1. The normalized spacial score (nSPS) is 14.3. The Labute approximate surface area is 164 Å². The molecule has 1 heterocycles. The van der Waals surface area contributed by atoms with Crippen LogP contribution in [0.3, 0.4) is 0 Å². The van der Waals surface area contributed by atoms with Crippen LogP contribution in [0.2, 0.25) is 0 Å². The zero-order valence-corrected chi connectivity index (χ0v) is 15.8. The van der Waals surface area contributed by atoms with E-state index < -0.39 is 0 Å². The molecule has 0 fully saturated rings. The van der Waals surface area contributed by atoms with Gasteiger partial charge in [-0.2, -0.15) is 0 Å². The molecule has 28 heavy (non-hydrogen) atoms. The number of benzene rings is 2. The van der Waals surface area contributed by atoms with Crippen molar-refractivity contribution in [2.75, 3.05) is 13.7 Å². The average Bonchev–Trinajstić information content (AvgIpc) is 3.35. The van der Waals surface area contributed by atoms with Crippen LogP contribution >= 0.6 is 0 Å². The zero-order chi connectivity index (χ0) is 19.3. The fourth-order valence-electron chi connectivity index (χ4n) is 3.41. The van der Waals surface area contributed by atoms with Gasteiger partial charge in [-0.3, -0.25) is 4.79 Å². The first-order valence-corrected chi connectivity index (χ1v) is 9.34. The maximum Gasteiger partial charge on any atom is 0.189 e. The number of rotatable bonds is 7. The molecule has 5 heteroatoms. The molecule has 2 aromatic carbocycles. The van der Waals surface area contributed by atoms with Crippen molar-refractivity contribution in [1.29, 1.82) is 0 Å². The first-order valence-electron chi connectivity index (χ1n) is 9.34. The van der Waals surface area contributed by atoms with E-state index in [4.69, 9.17) is 9.47 Å². The van der Waals surface area contributed by atoms with Crippen LogP contribution in [0.5, 0.6) is 11.5 Å². The average molecular weight is 374 g/mol. The molecule has 1 aliphatic carbocycles. The first-order chi connectivity index (χ1) is 13.7. The Morgan fingerprint density at radius 3 is 2.86 bits per heavy atom. The lowest BCUT2D eigenvalue weighted by molar-refractivity contribution is 0.104. The summed E-state index contributed by atoms with van der Waals surface area (Å²) in [5.41, 5.74) is 3.62. The van der Waals surface area contributed by atoms with E-state index in [2.05, 4.69) is 4.98 Å². The van der Waals surface area contributed by atoms with Gasteiger partial charge < -0.3 is 14.0 Å². The number of carbonyl (C=O) groups is 1. The molecule has 0 spiro atoms. The highest BCUT2D eigenvalue weighted by molar-refractivity contribution is 6.15. The second kappa shape index (κ2) is 8.13. The van der Waals surface area contributed by atoms with E-state index >= 15 is 0 Å². The third-order valence-electron chi connectivity index (χ3n) is 4.84. The molecule has 3 aromatic rings. The van der Waals surface area contributed by atoms with E-state index in [1.807, 2.05) is 59.3 Å². The molecule has 1 aliphatic rings. The number of aromatic nitrogens is 2. The molecule has 5 nitrogen and oxygen atoms in total. The van der Waals surface area contributed by atoms with Gasteiger partial charge in [0.05, 0.1) is 20.0 Å². The number of ether oxygens (including phenoxy) is 2. The first kappa shape index (κ1) is 18.0. The standard InChI is InChI=1S/C23H22N2O3/c1-27-22-14-17(13-19-15-18-5-2-3-6-20(18)23(19)26)7-8-21(22)28-12-4-10-25-11-9-24-16-25/h2-3,5-9,11,13-14,16H,4,10,12,15H2,1H3/b19-13-. The van der Waals surface area contributed by atoms with E-state index in [0.29, 0.717) is 24.5 Å². The summed E-state index contributed by atoms with van der Waals surface area (Å²) in [6, 6.07) is 13.5. The molecule has 0 aliphatic heterocycles. The summed E-state index contributed by atoms with van der Waals surface area (Å²) in [5, 5.41) is 0. The Kier molecular flexibility index (Phi) is 5.24. The third-order valence-corrected chi connectivity index (χ3v) is 4.84. The Balaban J connectivity index is 1.43. The maximum atomic E-state index is 12.6. The Morgan fingerprint density at radius 2 is 2.07 bits per heavy atom. The zero-order valence-electron chi connectivity index (χ0n) is 15.8. The van der Waals surface area contributed by atoms with Gasteiger partial charge in [-0.15, -0.1) is 0 Å². The number of methoxy groups -OCH3 is 1. The number of carbonyl (C=O) groups excluding carboxylic acids is 1. The Bertz CT molecular complexity index is 1010. The molecule has 0 bridgehead atoms. The fraction of sp³-hybridized carbons (Fsp3) is 0.217. The van der Waals surface area contributed by atoms with Crippen molar-refractivity contribution in [3.8, 4) is 11.5 Å². The summed E-state index contributed by atoms with van der Waals surface area (Å²) in [6.07, 6.45) is 8.98. The molecule has 1 aromatic heterocycles. The number of Topliss-reactive ketones (excluding diaryl/α,β-unsaturated/α-hetero) is 1. The van der Waals surface area contributed by atoms with Gasteiger partial charge in [0.2, 0.25) is 0 Å². The maximum absolute atomic E-state index is 12.6. The molecule has 0 amide bonds. The van der Waals surface area contributed by atoms with E-state index in [1.54, 1.807) is 19.6 Å². The summed E-state index contributed by atoms with van der Waals surface area (Å²) in [6.45, 7) is 1.44. The van der Waals surface area contributed by atoms with E-state index in [-0.39, 0.29) is 5.78 Å². The van der Waals surface area contributed by atoms with Crippen LogP contribution in [0.15, 0.2) is 66.8 Å². The van der Waals surface area contributed by atoms with Gasteiger partial charge in [-0.1, -0.05) is 30.3 Å². The van der Waals surface area contributed by atoms with E-state index in [0.717, 1.165) is 35.2 Å². The van der Waals surface area contributed by atoms with Crippen LogP contribution in [-0.4, -0.2) is 29.1 Å². The van der Waals surface area contributed by atoms with Crippen LogP contribution in [0.1, 0.15) is 27.9 Å². The van der Waals surface area contributed by atoms with Crippen molar-refractivity contribution >= 4 is 11.9 Å². The summed E-state index contributed by atoms with van der Waals surface area (Å²) < 4.78 is 13.4. The van der Waals surface area contributed by atoms with Crippen molar-refractivity contribution in [3.05, 3.63) is 83.4 Å². The fourth-order valence-corrected chi connectivity index (χ4v) is 3.41. The Morgan fingerprint density at radius 1 is 1.18 bits per heavy atom. The topological polar surface area (TPSA) is 53.4 Å². The minimum absolute atomic E-state index is 0.106. The molecule has 0 saturated heterocycles. The highest BCUT2D eigenvalue weighted by Gasteiger charge is 2.24. The highest BCUT2D eigenvalue weighted by atomic mass is 16.5. The number of fused-ring (bicyclic) bond motifs is 1. The molecule has 0 saturated carbocycles. The summed E-state index contributed by atoms with van der Waals surface area (Å²) in [4.78, 5) is 16.6. The number of nitrogens with zero attached hydrogens (tertiary/aromatic N) is 2. The smallest absolute Gasteiger partial charge is 0.189 e. The highest BCUT2D eigenvalue weighted by Crippen LogP contribution is 2.31. The van der Waals surface area contributed by atoms with Gasteiger partial charge in [0.1, 0.15) is 0 Å². The van der Waals surface area contributed by atoms with Crippen LogP contribution in [0.4, 0.5) is 0 Å². The van der Waals surface area contributed by atoms with Gasteiger partial charge in [-0.05, 0) is 35.8 Å². The van der Waals surface area contributed by atoms with Crippen molar-refractivity contribution in [2.45, 2.75) is 19.4 Å². The minimum atomic E-state index is 0.106. The largest absolute Gasteiger partial charge is 0.493 e. The quantitative estimate of drug-likeness (QED) is 0.460. The number of aryl methyl sites for hydroxylation is 1. The van der Waals surface area contributed by atoms with E-state index in [1.165, 1.54) is 0 Å². The molecule has 0 N–H and O–H groups in total. The number of hydrogen-bond donors (Lipinski definition) is 0. The molecular weight excluding hydrogens is 352 g/mol. The molecule has 0 atom stereocenters. The Hall–Kier alpha value is -3.34. The molecule has 0 radical (unpaired) electrons. The molecular formula is C23H22N2O3. The van der Waals surface area contributed by atoms with Crippen molar-refractivity contribution in [3.63, 3.8) is 0 Å². The second-order valence-corrected chi connectivity index (χ2v) is 6.75. The predicted molar refractivity (Wildman–Crippen MR) is 108 cm³/mol. The third kappa shape index (κ3) is 3.83. The van der Waals surface area contributed by atoms with Gasteiger partial charge in [0.15, 0.2) is 17.3 Å². The number of imidazole rings is 1. The van der Waals surface area contributed by atoms with Crippen LogP contribution in [-0.2, 0) is 13.0 Å². The van der Waals surface area contributed by atoms with Crippen LogP contribution in [0.25, 0.3) is 6.08 Å². The summed E-state index contributed by atoms with van der Waals surface area (Å²) in [5.74, 6) is 1.48.